The van der Waals surface area contributed by atoms with Gasteiger partial charge in [0.15, 0.2) is 0 Å². The Morgan fingerprint density at radius 1 is 1.18 bits per heavy atom. The van der Waals surface area contributed by atoms with Crippen molar-refractivity contribution in [1.29, 1.82) is 0 Å². The number of likely N-dealkylation sites (N-methyl/N-ethyl adjacent to an activating group) is 1. The molecule has 0 bridgehead atoms. The SMILES string of the molecule is CN(Cc1c(F)cccc1Cl)C(=O)CN1C(=O)N[C@@](C)(c2ccccc2)C1=O. The molecule has 1 N–H and O–H groups in total. The molecule has 2 aromatic carbocycles. The summed E-state index contributed by atoms with van der Waals surface area (Å²) in [4.78, 5) is 39.8. The van der Waals surface area contributed by atoms with Crippen LogP contribution in [0.2, 0.25) is 5.02 Å². The molecule has 0 aliphatic carbocycles. The van der Waals surface area contributed by atoms with Gasteiger partial charge in [-0.3, -0.25) is 14.5 Å². The molecule has 0 radical (unpaired) electrons. The fourth-order valence-electron chi connectivity index (χ4n) is 3.07. The van der Waals surface area contributed by atoms with Gasteiger partial charge in [0.25, 0.3) is 5.91 Å². The van der Waals surface area contributed by atoms with E-state index >= 15 is 0 Å². The first-order chi connectivity index (χ1) is 13.2. The van der Waals surface area contributed by atoms with E-state index < -0.39 is 35.7 Å². The van der Waals surface area contributed by atoms with Crippen LogP contribution in [0.3, 0.4) is 0 Å². The molecule has 28 heavy (non-hydrogen) atoms. The maximum absolute atomic E-state index is 13.9. The largest absolute Gasteiger partial charge is 0.340 e. The molecule has 1 aliphatic heterocycles. The van der Waals surface area contributed by atoms with Crippen LogP contribution in [0.5, 0.6) is 0 Å². The minimum Gasteiger partial charge on any atom is -0.340 e. The third-order valence-electron chi connectivity index (χ3n) is 4.80. The Labute approximate surface area is 166 Å². The van der Waals surface area contributed by atoms with E-state index in [2.05, 4.69) is 5.32 Å². The van der Waals surface area contributed by atoms with Crippen LogP contribution in [-0.4, -0.2) is 41.2 Å². The summed E-state index contributed by atoms with van der Waals surface area (Å²) in [5.74, 6) is -1.56. The Hall–Kier alpha value is -2.93. The molecule has 8 heteroatoms. The van der Waals surface area contributed by atoms with Crippen LogP contribution in [0.1, 0.15) is 18.1 Å². The number of halogens is 2. The molecule has 1 fully saturated rings. The van der Waals surface area contributed by atoms with Gasteiger partial charge in [0.1, 0.15) is 17.9 Å². The predicted octanol–water partition coefficient (Wildman–Crippen LogP) is 2.90. The van der Waals surface area contributed by atoms with Crippen molar-refractivity contribution in [2.24, 2.45) is 0 Å². The first-order valence-corrected chi connectivity index (χ1v) is 8.98. The third kappa shape index (κ3) is 3.57. The van der Waals surface area contributed by atoms with Crippen molar-refractivity contribution in [3.8, 4) is 0 Å². The lowest BCUT2D eigenvalue weighted by atomic mass is 9.92. The predicted molar refractivity (Wildman–Crippen MR) is 102 cm³/mol. The van der Waals surface area contributed by atoms with E-state index in [1.54, 1.807) is 37.3 Å². The van der Waals surface area contributed by atoms with Gasteiger partial charge in [-0.2, -0.15) is 0 Å². The molecule has 1 heterocycles. The molecule has 3 rings (SSSR count). The first kappa shape index (κ1) is 19.8. The van der Waals surface area contributed by atoms with Crippen LogP contribution in [0.4, 0.5) is 9.18 Å². The van der Waals surface area contributed by atoms with Crippen LogP contribution in [0.25, 0.3) is 0 Å². The summed E-state index contributed by atoms with van der Waals surface area (Å²) in [6.45, 7) is 1.06. The standard InChI is InChI=1S/C20H19ClFN3O3/c1-20(13-7-4-3-5-8-13)18(27)25(19(28)23-20)12-17(26)24(2)11-14-15(21)9-6-10-16(14)22/h3-10H,11-12H2,1-2H3,(H,23,28)/t20-/m0/s1. The average molecular weight is 404 g/mol. The molecule has 0 spiro atoms. The summed E-state index contributed by atoms with van der Waals surface area (Å²) in [6, 6.07) is 12.4. The molecule has 0 unspecified atom stereocenters. The Morgan fingerprint density at radius 3 is 2.50 bits per heavy atom. The van der Waals surface area contributed by atoms with E-state index in [0.717, 1.165) is 4.90 Å². The van der Waals surface area contributed by atoms with Gasteiger partial charge >= 0.3 is 6.03 Å². The maximum atomic E-state index is 13.9. The van der Waals surface area contributed by atoms with E-state index in [1.165, 1.54) is 30.1 Å². The highest BCUT2D eigenvalue weighted by molar-refractivity contribution is 6.31. The molecule has 1 saturated heterocycles. The molecule has 146 valence electrons. The van der Waals surface area contributed by atoms with Gasteiger partial charge in [0.2, 0.25) is 5.91 Å². The number of urea groups is 1. The second kappa shape index (κ2) is 7.59. The lowest BCUT2D eigenvalue weighted by Crippen LogP contribution is -2.43. The van der Waals surface area contributed by atoms with Gasteiger partial charge in [0.05, 0.1) is 0 Å². The van der Waals surface area contributed by atoms with E-state index in [0.29, 0.717) is 5.56 Å². The topological polar surface area (TPSA) is 69.7 Å². The zero-order valence-corrected chi connectivity index (χ0v) is 16.2. The van der Waals surface area contributed by atoms with Crippen LogP contribution >= 0.6 is 11.6 Å². The van der Waals surface area contributed by atoms with Crippen molar-refractivity contribution in [1.82, 2.24) is 15.1 Å². The second-order valence-electron chi connectivity index (χ2n) is 6.76. The lowest BCUT2D eigenvalue weighted by Gasteiger charge is -2.23. The molecular weight excluding hydrogens is 385 g/mol. The number of nitrogens with zero attached hydrogens (tertiary/aromatic N) is 2. The van der Waals surface area contributed by atoms with Crippen molar-refractivity contribution >= 4 is 29.4 Å². The summed E-state index contributed by atoms with van der Waals surface area (Å²) in [5, 5.41) is 2.84. The maximum Gasteiger partial charge on any atom is 0.325 e. The van der Waals surface area contributed by atoms with Crippen molar-refractivity contribution in [2.45, 2.75) is 19.0 Å². The Kier molecular flexibility index (Phi) is 5.38. The Balaban J connectivity index is 1.73. The number of nitrogens with one attached hydrogen (secondary N) is 1. The fraction of sp³-hybridized carbons (Fsp3) is 0.250. The summed E-state index contributed by atoms with van der Waals surface area (Å²) in [7, 11) is 1.46. The van der Waals surface area contributed by atoms with Crippen LogP contribution < -0.4 is 5.32 Å². The number of hydrogen-bond donors (Lipinski definition) is 1. The number of rotatable bonds is 5. The number of carbonyl (C=O) groups is 3. The molecule has 0 saturated carbocycles. The van der Waals surface area contributed by atoms with E-state index in [9.17, 15) is 18.8 Å². The highest BCUT2D eigenvalue weighted by Gasteiger charge is 2.49. The van der Waals surface area contributed by atoms with Crippen LogP contribution in [0.15, 0.2) is 48.5 Å². The van der Waals surface area contributed by atoms with Crippen molar-refractivity contribution < 1.29 is 18.8 Å². The van der Waals surface area contributed by atoms with E-state index in [-0.39, 0.29) is 17.1 Å². The first-order valence-electron chi connectivity index (χ1n) is 8.60. The number of carbonyl (C=O) groups excluding carboxylic acids is 3. The summed E-state index contributed by atoms with van der Waals surface area (Å²) < 4.78 is 13.9. The number of hydrogen-bond acceptors (Lipinski definition) is 3. The summed E-state index contributed by atoms with van der Waals surface area (Å²) in [5.41, 5.74) is -0.451. The van der Waals surface area contributed by atoms with Gasteiger partial charge in [-0.1, -0.05) is 48.0 Å². The minimum atomic E-state index is -1.24. The molecule has 6 nitrogen and oxygen atoms in total. The second-order valence-corrected chi connectivity index (χ2v) is 7.17. The highest BCUT2D eigenvalue weighted by atomic mass is 35.5. The molecule has 2 aromatic rings. The average Bonchev–Trinajstić information content (AvgIpc) is 2.89. The minimum absolute atomic E-state index is 0.0794. The third-order valence-corrected chi connectivity index (χ3v) is 5.16. The molecular formula is C20H19ClFN3O3. The van der Waals surface area contributed by atoms with Crippen molar-refractivity contribution in [3.05, 3.63) is 70.5 Å². The fourth-order valence-corrected chi connectivity index (χ4v) is 3.30. The molecule has 4 amide bonds. The van der Waals surface area contributed by atoms with E-state index in [4.69, 9.17) is 11.6 Å². The summed E-state index contributed by atoms with van der Waals surface area (Å²) in [6.07, 6.45) is 0. The van der Waals surface area contributed by atoms with Gasteiger partial charge in [-0.15, -0.1) is 0 Å². The van der Waals surface area contributed by atoms with Gasteiger partial charge in [-0.25, -0.2) is 9.18 Å². The van der Waals surface area contributed by atoms with Gasteiger partial charge < -0.3 is 10.2 Å². The van der Waals surface area contributed by atoms with Crippen molar-refractivity contribution in [3.63, 3.8) is 0 Å². The van der Waals surface area contributed by atoms with Crippen molar-refractivity contribution in [2.75, 3.05) is 13.6 Å². The Bertz CT molecular complexity index is 917. The molecule has 0 aromatic heterocycles. The van der Waals surface area contributed by atoms with Gasteiger partial charge in [-0.05, 0) is 24.6 Å². The lowest BCUT2D eigenvalue weighted by molar-refractivity contribution is -0.138. The van der Waals surface area contributed by atoms with Crippen LogP contribution in [0, 0.1) is 5.82 Å². The number of amides is 4. The van der Waals surface area contributed by atoms with E-state index in [1.807, 2.05) is 0 Å². The normalized spacial score (nSPS) is 18.9. The van der Waals surface area contributed by atoms with Gasteiger partial charge in [0, 0.05) is 24.2 Å². The van der Waals surface area contributed by atoms with Crippen LogP contribution in [-0.2, 0) is 21.7 Å². The number of imide groups is 1. The number of benzene rings is 2. The zero-order valence-electron chi connectivity index (χ0n) is 15.4. The molecule has 1 atom stereocenters. The smallest absolute Gasteiger partial charge is 0.325 e. The monoisotopic (exact) mass is 403 g/mol. The zero-order chi connectivity index (χ0) is 20.5. The highest BCUT2D eigenvalue weighted by Crippen LogP contribution is 2.28. The Morgan fingerprint density at radius 2 is 1.86 bits per heavy atom. The molecule has 1 aliphatic rings. The summed E-state index contributed by atoms with van der Waals surface area (Å²) >= 11 is 5.99. The quantitative estimate of drug-likeness (QED) is 0.780.